The highest BCUT2D eigenvalue weighted by atomic mass is 15.1. The van der Waals surface area contributed by atoms with Gasteiger partial charge in [-0.3, -0.25) is 0 Å². The summed E-state index contributed by atoms with van der Waals surface area (Å²) >= 11 is 0. The van der Waals surface area contributed by atoms with Gasteiger partial charge in [-0.05, 0) is 148 Å². The Hall–Kier alpha value is -6.78. The van der Waals surface area contributed by atoms with E-state index in [1.807, 2.05) is 0 Å². The van der Waals surface area contributed by atoms with Crippen LogP contribution in [0.5, 0.6) is 0 Å². The first kappa shape index (κ1) is 33.1. The minimum atomic E-state index is 1.12. The van der Waals surface area contributed by atoms with Crippen molar-refractivity contribution >= 4 is 55.9 Å². The molecule has 0 radical (unpaired) electrons. The van der Waals surface area contributed by atoms with Crippen LogP contribution in [0.15, 0.2) is 182 Å². The minimum absolute atomic E-state index is 1.12. The Labute approximate surface area is 317 Å². The Bertz CT molecular complexity index is 2440. The maximum Gasteiger partial charge on any atom is 0.0555 e. The molecule has 262 valence electrons. The number of fused-ring (bicyclic) bond motifs is 2. The number of benzene rings is 7. The molecule has 0 aliphatic heterocycles. The lowest BCUT2D eigenvalue weighted by Crippen LogP contribution is -2.10. The number of anilines is 6. The van der Waals surface area contributed by atoms with E-state index in [-0.39, 0.29) is 0 Å². The van der Waals surface area contributed by atoms with Crippen LogP contribution >= 0.6 is 0 Å². The number of nitrogens with zero attached hydrogens (tertiary/aromatic N) is 4. The molecule has 9 aromatic rings. The summed E-state index contributed by atoms with van der Waals surface area (Å²) in [5.41, 5.74) is 16.6. The van der Waals surface area contributed by atoms with Crippen LogP contribution in [0.25, 0.3) is 33.2 Å². The van der Waals surface area contributed by atoms with Gasteiger partial charge in [0, 0.05) is 67.7 Å². The van der Waals surface area contributed by atoms with Gasteiger partial charge in [-0.2, -0.15) is 0 Å². The predicted molar refractivity (Wildman–Crippen MR) is 228 cm³/mol. The first-order chi connectivity index (χ1) is 26.5. The van der Waals surface area contributed by atoms with Crippen LogP contribution in [-0.4, -0.2) is 9.13 Å². The average Bonchev–Trinajstić information content (AvgIpc) is 3.62. The lowest BCUT2D eigenvalue weighted by molar-refractivity contribution is 1.03. The topological polar surface area (TPSA) is 16.3 Å². The second kappa shape index (κ2) is 13.6. The van der Waals surface area contributed by atoms with Gasteiger partial charge in [-0.15, -0.1) is 0 Å². The molecule has 9 rings (SSSR count). The molecule has 54 heavy (non-hydrogen) atoms. The average molecular weight is 699 g/mol. The van der Waals surface area contributed by atoms with Crippen molar-refractivity contribution < 1.29 is 0 Å². The Morgan fingerprint density at radius 1 is 0.315 bits per heavy atom. The largest absolute Gasteiger partial charge is 0.314 e. The summed E-state index contributed by atoms with van der Waals surface area (Å²) in [5.74, 6) is 0. The molecule has 0 atom stereocenters. The van der Waals surface area contributed by atoms with Crippen molar-refractivity contribution in [3.8, 4) is 11.4 Å². The van der Waals surface area contributed by atoms with E-state index in [0.717, 1.165) is 45.5 Å². The van der Waals surface area contributed by atoms with E-state index in [1.54, 1.807) is 0 Å². The third-order valence-corrected chi connectivity index (χ3v) is 10.9. The highest BCUT2D eigenvalue weighted by Crippen LogP contribution is 2.40. The van der Waals surface area contributed by atoms with Crippen molar-refractivity contribution in [1.82, 2.24) is 9.13 Å². The fourth-order valence-corrected chi connectivity index (χ4v) is 8.00. The van der Waals surface area contributed by atoms with Crippen molar-refractivity contribution in [3.05, 3.63) is 205 Å². The SMILES string of the molecule is Cc1c(C)n(-c2ccc(N(c3ccccc3)c3ccccc3)cc2)c2cc3c(cc12)c(C)c(C)n3-c1ccc(N(c2ccccc2)c2ccccc2)cc1. The van der Waals surface area contributed by atoms with Crippen LogP contribution in [0.4, 0.5) is 34.1 Å². The lowest BCUT2D eigenvalue weighted by atomic mass is 10.1. The molecule has 4 nitrogen and oxygen atoms in total. The first-order valence-corrected chi connectivity index (χ1v) is 18.6. The Kier molecular flexibility index (Phi) is 8.36. The zero-order chi connectivity index (χ0) is 36.8. The summed E-state index contributed by atoms with van der Waals surface area (Å²) in [5, 5.41) is 2.58. The third kappa shape index (κ3) is 5.64. The van der Waals surface area contributed by atoms with E-state index < -0.39 is 0 Å². The zero-order valence-electron chi connectivity index (χ0n) is 31.1. The quantitative estimate of drug-likeness (QED) is 0.157. The summed E-state index contributed by atoms with van der Waals surface area (Å²) < 4.78 is 4.85. The number of para-hydroxylation sites is 4. The molecule has 0 N–H and O–H groups in total. The highest BCUT2D eigenvalue weighted by Gasteiger charge is 2.20. The molecule has 4 heteroatoms. The molecule has 7 aromatic carbocycles. The second-order valence-corrected chi connectivity index (χ2v) is 14.0. The fourth-order valence-electron chi connectivity index (χ4n) is 8.00. The zero-order valence-corrected chi connectivity index (χ0v) is 31.1. The van der Waals surface area contributed by atoms with Gasteiger partial charge in [0.05, 0.1) is 11.0 Å². The van der Waals surface area contributed by atoms with Crippen LogP contribution in [0, 0.1) is 27.7 Å². The standard InChI is InChI=1S/C50H42N4/c1-35-37(3)51(43-25-29-45(30-26-43)53(39-17-9-5-10-18-39)40-19-11-6-12-20-40)49-34-50-48(33-47(35)49)36(2)38(4)52(50)44-27-31-46(32-28-44)54(41-21-13-7-14-22-41)42-23-15-8-16-24-42/h5-34H,1-4H3. The van der Waals surface area contributed by atoms with Crippen LogP contribution < -0.4 is 9.80 Å². The summed E-state index contributed by atoms with van der Waals surface area (Å²) in [6, 6.07) is 65.1. The van der Waals surface area contributed by atoms with Gasteiger partial charge < -0.3 is 18.9 Å². The van der Waals surface area contributed by atoms with Crippen LogP contribution in [0.2, 0.25) is 0 Å². The maximum atomic E-state index is 2.42. The molecule has 0 aliphatic rings. The Morgan fingerprint density at radius 3 is 0.889 bits per heavy atom. The van der Waals surface area contributed by atoms with E-state index in [4.69, 9.17) is 0 Å². The van der Waals surface area contributed by atoms with Crippen molar-refractivity contribution in [2.24, 2.45) is 0 Å². The van der Waals surface area contributed by atoms with Crippen molar-refractivity contribution in [2.45, 2.75) is 27.7 Å². The van der Waals surface area contributed by atoms with E-state index in [2.05, 4.69) is 229 Å². The van der Waals surface area contributed by atoms with Gasteiger partial charge in [0.2, 0.25) is 0 Å². The molecule has 2 heterocycles. The van der Waals surface area contributed by atoms with Gasteiger partial charge in [-0.1, -0.05) is 72.8 Å². The van der Waals surface area contributed by atoms with Crippen LogP contribution in [0.3, 0.4) is 0 Å². The summed E-state index contributed by atoms with van der Waals surface area (Å²) in [6.45, 7) is 8.99. The smallest absolute Gasteiger partial charge is 0.0555 e. The van der Waals surface area contributed by atoms with Gasteiger partial charge in [0.1, 0.15) is 0 Å². The molecule has 0 saturated carbocycles. The van der Waals surface area contributed by atoms with Crippen molar-refractivity contribution in [2.75, 3.05) is 9.80 Å². The fraction of sp³-hybridized carbons (Fsp3) is 0.0800. The molecule has 2 aromatic heterocycles. The van der Waals surface area contributed by atoms with Gasteiger partial charge in [0.25, 0.3) is 0 Å². The minimum Gasteiger partial charge on any atom is -0.314 e. The summed E-state index contributed by atoms with van der Waals surface area (Å²) in [7, 11) is 0. The molecular formula is C50H42N4. The number of hydrogen-bond acceptors (Lipinski definition) is 2. The molecule has 0 aliphatic carbocycles. The molecule has 0 unspecified atom stereocenters. The van der Waals surface area contributed by atoms with Crippen LogP contribution in [-0.2, 0) is 0 Å². The Balaban J connectivity index is 1.14. The number of hydrogen-bond donors (Lipinski definition) is 0. The van der Waals surface area contributed by atoms with E-state index >= 15 is 0 Å². The van der Waals surface area contributed by atoms with Crippen molar-refractivity contribution in [3.63, 3.8) is 0 Å². The molecule has 0 saturated heterocycles. The summed E-state index contributed by atoms with van der Waals surface area (Å²) in [4.78, 5) is 4.61. The van der Waals surface area contributed by atoms with E-state index in [9.17, 15) is 0 Å². The monoisotopic (exact) mass is 698 g/mol. The molecule has 0 fully saturated rings. The molecular weight excluding hydrogens is 657 g/mol. The molecule has 0 spiro atoms. The Morgan fingerprint density at radius 2 is 0.593 bits per heavy atom. The van der Waals surface area contributed by atoms with E-state index in [0.29, 0.717) is 0 Å². The number of aromatic nitrogens is 2. The first-order valence-electron chi connectivity index (χ1n) is 18.6. The molecule has 0 amide bonds. The van der Waals surface area contributed by atoms with Gasteiger partial charge in [0.15, 0.2) is 0 Å². The number of aryl methyl sites for hydroxylation is 2. The second-order valence-electron chi connectivity index (χ2n) is 14.0. The molecule has 0 bridgehead atoms. The maximum absolute atomic E-state index is 2.42. The van der Waals surface area contributed by atoms with E-state index in [1.165, 1.54) is 44.3 Å². The summed E-state index contributed by atoms with van der Waals surface area (Å²) in [6.07, 6.45) is 0. The highest BCUT2D eigenvalue weighted by molar-refractivity contribution is 6.01. The third-order valence-electron chi connectivity index (χ3n) is 10.9. The van der Waals surface area contributed by atoms with Crippen molar-refractivity contribution in [1.29, 1.82) is 0 Å². The van der Waals surface area contributed by atoms with Gasteiger partial charge in [-0.25, -0.2) is 0 Å². The number of rotatable bonds is 8. The predicted octanol–water partition coefficient (Wildman–Crippen LogP) is 13.7. The normalized spacial score (nSPS) is 11.3. The lowest BCUT2D eigenvalue weighted by Gasteiger charge is -2.25. The van der Waals surface area contributed by atoms with Crippen LogP contribution in [0.1, 0.15) is 22.5 Å². The van der Waals surface area contributed by atoms with Gasteiger partial charge >= 0.3 is 0 Å².